The third-order valence-corrected chi connectivity index (χ3v) is 6.78. The van der Waals surface area contributed by atoms with Crippen LogP contribution in [0.5, 0.6) is 0 Å². The van der Waals surface area contributed by atoms with Crippen LogP contribution in [0.1, 0.15) is 40.2 Å². The lowest BCUT2D eigenvalue weighted by atomic mass is 9.72. The van der Waals surface area contributed by atoms with Crippen molar-refractivity contribution < 1.29 is 23.4 Å². The molecule has 1 aliphatic carbocycles. The lowest BCUT2D eigenvalue weighted by molar-refractivity contribution is -0.118. The number of aliphatic hydroxyl groups excluding tert-OH is 1. The van der Waals surface area contributed by atoms with Crippen LogP contribution in [0, 0.1) is 44.2 Å². The van der Waals surface area contributed by atoms with Gasteiger partial charge in [-0.1, -0.05) is 23.8 Å². The summed E-state index contributed by atoms with van der Waals surface area (Å²) in [4.78, 5) is 13.3. The normalized spacial score (nSPS) is 30.4. The lowest BCUT2D eigenvalue weighted by Gasteiger charge is -2.27. The summed E-state index contributed by atoms with van der Waals surface area (Å²) >= 11 is 0. The van der Waals surface area contributed by atoms with Gasteiger partial charge in [0.1, 0.15) is 5.76 Å². The molecular weight excluding hydrogens is 374 g/mol. The van der Waals surface area contributed by atoms with Crippen LogP contribution in [0.25, 0.3) is 5.57 Å². The van der Waals surface area contributed by atoms with Crippen LogP contribution >= 0.6 is 0 Å². The minimum atomic E-state index is -0.893. The summed E-state index contributed by atoms with van der Waals surface area (Å²) in [7, 11) is 0. The molecule has 5 heteroatoms. The SMILES string of the molecule is Cc1cc(C)c(C2=C(O)[C@@H]3[C@@H]4O[C@@H](C[C@H]4c4ccc(F)c(F)c4)[C@@H]3C2=O)c(C)c1. The molecule has 2 heterocycles. The smallest absolute Gasteiger partial charge is 0.173 e. The van der Waals surface area contributed by atoms with Crippen LogP contribution in [0.3, 0.4) is 0 Å². The molecule has 2 aliphatic heterocycles. The van der Waals surface area contributed by atoms with E-state index in [4.69, 9.17) is 4.74 Å². The van der Waals surface area contributed by atoms with E-state index in [2.05, 4.69) is 0 Å². The number of ketones is 1. The quantitative estimate of drug-likeness (QED) is 0.783. The van der Waals surface area contributed by atoms with Gasteiger partial charge in [0, 0.05) is 5.92 Å². The first-order chi connectivity index (χ1) is 13.8. The number of halogens is 2. The molecule has 2 saturated heterocycles. The van der Waals surface area contributed by atoms with E-state index in [9.17, 15) is 18.7 Å². The molecule has 3 nitrogen and oxygen atoms in total. The van der Waals surface area contributed by atoms with E-state index in [1.807, 2.05) is 32.9 Å². The standard InChI is InChI=1S/C24H22F2O3/c1-10-6-11(2)18(12(3)7-10)20-22(27)19-17-9-14(24(29-17)21(19)23(20)28)13-4-5-15(25)16(26)8-13/h4-8,14,17,19,21,24,28H,9H2,1-3H3/t14-,17-,19-,21+,24+/m0/s1. The number of benzene rings is 2. The summed E-state index contributed by atoms with van der Waals surface area (Å²) in [6, 6.07) is 7.91. The third kappa shape index (κ3) is 2.53. The van der Waals surface area contributed by atoms with E-state index in [-0.39, 0.29) is 23.6 Å². The molecule has 2 fully saturated rings. The Labute approximate surface area is 168 Å². The summed E-state index contributed by atoms with van der Waals surface area (Å²) in [6.07, 6.45) is -0.168. The second-order valence-corrected chi connectivity index (χ2v) is 8.60. The summed E-state index contributed by atoms with van der Waals surface area (Å²) < 4.78 is 33.2. The van der Waals surface area contributed by atoms with Gasteiger partial charge < -0.3 is 9.84 Å². The Morgan fingerprint density at radius 3 is 2.34 bits per heavy atom. The highest BCUT2D eigenvalue weighted by Gasteiger charge is 2.62. The fourth-order valence-electron chi connectivity index (χ4n) is 5.75. The van der Waals surface area contributed by atoms with Crippen molar-refractivity contribution in [2.75, 3.05) is 0 Å². The summed E-state index contributed by atoms with van der Waals surface area (Å²) in [5.74, 6) is -2.79. The van der Waals surface area contributed by atoms with Gasteiger partial charge >= 0.3 is 0 Å². The Morgan fingerprint density at radius 2 is 1.69 bits per heavy atom. The summed E-state index contributed by atoms with van der Waals surface area (Å²) in [5, 5.41) is 11.1. The number of fused-ring (bicyclic) bond motifs is 5. The topological polar surface area (TPSA) is 46.5 Å². The minimum Gasteiger partial charge on any atom is -0.511 e. The monoisotopic (exact) mass is 396 g/mol. The Hall–Kier alpha value is -2.53. The highest BCUT2D eigenvalue weighted by atomic mass is 19.2. The number of aliphatic hydroxyl groups is 1. The van der Waals surface area contributed by atoms with Gasteiger partial charge in [0.25, 0.3) is 0 Å². The number of hydrogen-bond donors (Lipinski definition) is 1. The first-order valence-corrected chi connectivity index (χ1v) is 9.94. The molecule has 0 unspecified atom stereocenters. The van der Waals surface area contributed by atoms with Gasteiger partial charge in [-0.2, -0.15) is 0 Å². The predicted molar refractivity (Wildman–Crippen MR) is 105 cm³/mol. The number of rotatable bonds is 2. The van der Waals surface area contributed by atoms with E-state index < -0.39 is 29.6 Å². The molecule has 0 aromatic heterocycles. The van der Waals surface area contributed by atoms with Crippen LogP contribution in [-0.2, 0) is 9.53 Å². The van der Waals surface area contributed by atoms with E-state index in [1.165, 1.54) is 6.07 Å². The molecule has 2 aromatic rings. The number of ether oxygens (including phenoxy) is 1. The molecule has 2 aromatic carbocycles. The largest absolute Gasteiger partial charge is 0.511 e. The maximum absolute atomic E-state index is 13.8. The first-order valence-electron chi connectivity index (χ1n) is 9.94. The van der Waals surface area contributed by atoms with Crippen LogP contribution in [0.2, 0.25) is 0 Å². The van der Waals surface area contributed by atoms with Crippen molar-refractivity contribution in [3.63, 3.8) is 0 Å². The maximum Gasteiger partial charge on any atom is 0.173 e. The number of carbonyl (C=O) groups excluding carboxylic acids is 1. The van der Waals surface area contributed by atoms with E-state index in [0.29, 0.717) is 17.6 Å². The molecule has 3 aliphatic rings. The van der Waals surface area contributed by atoms with Crippen molar-refractivity contribution in [1.82, 2.24) is 0 Å². The average Bonchev–Trinajstić information content (AvgIpc) is 3.30. The third-order valence-electron chi connectivity index (χ3n) is 6.78. The lowest BCUT2D eigenvalue weighted by Crippen LogP contribution is -2.33. The number of aryl methyl sites for hydroxylation is 3. The maximum atomic E-state index is 13.8. The number of carbonyl (C=O) groups is 1. The molecule has 5 rings (SSSR count). The van der Waals surface area contributed by atoms with Crippen LogP contribution < -0.4 is 0 Å². The van der Waals surface area contributed by atoms with Gasteiger partial charge in [0.15, 0.2) is 17.4 Å². The Balaban J connectivity index is 1.57. The second kappa shape index (κ2) is 6.23. The summed E-state index contributed by atoms with van der Waals surface area (Å²) in [6.45, 7) is 5.90. The molecule has 0 amide bonds. The first kappa shape index (κ1) is 18.5. The zero-order valence-electron chi connectivity index (χ0n) is 16.5. The van der Waals surface area contributed by atoms with Crippen molar-refractivity contribution >= 4 is 11.4 Å². The van der Waals surface area contributed by atoms with E-state index >= 15 is 0 Å². The predicted octanol–water partition coefficient (Wildman–Crippen LogP) is 4.93. The van der Waals surface area contributed by atoms with Crippen LogP contribution in [-0.4, -0.2) is 23.1 Å². The Bertz CT molecular complexity index is 1060. The molecule has 0 saturated carbocycles. The fourth-order valence-corrected chi connectivity index (χ4v) is 5.75. The minimum absolute atomic E-state index is 0.0706. The highest BCUT2D eigenvalue weighted by Crippen LogP contribution is 2.58. The van der Waals surface area contributed by atoms with Crippen LogP contribution in [0.15, 0.2) is 36.1 Å². The molecule has 2 bridgehead atoms. The molecule has 0 spiro atoms. The zero-order valence-corrected chi connectivity index (χ0v) is 16.5. The van der Waals surface area contributed by atoms with Gasteiger partial charge in [-0.05, 0) is 61.6 Å². The molecular formula is C24H22F2O3. The average molecular weight is 396 g/mol. The molecule has 0 radical (unpaired) electrons. The number of Topliss-reactive ketones (excluding diaryl/α,β-unsaturated/α-hetero) is 1. The number of allylic oxidation sites excluding steroid dienone is 1. The molecule has 5 atom stereocenters. The molecule has 150 valence electrons. The Kier molecular flexibility index (Phi) is 3.97. The van der Waals surface area contributed by atoms with Gasteiger partial charge in [0.05, 0.1) is 29.6 Å². The van der Waals surface area contributed by atoms with Gasteiger partial charge in [0.2, 0.25) is 0 Å². The highest BCUT2D eigenvalue weighted by molar-refractivity contribution is 6.26. The van der Waals surface area contributed by atoms with E-state index in [0.717, 1.165) is 28.3 Å². The van der Waals surface area contributed by atoms with Crippen molar-refractivity contribution in [3.05, 3.63) is 75.5 Å². The van der Waals surface area contributed by atoms with Gasteiger partial charge in [-0.3, -0.25) is 4.79 Å². The van der Waals surface area contributed by atoms with E-state index in [1.54, 1.807) is 6.07 Å². The molecule has 29 heavy (non-hydrogen) atoms. The molecule has 1 N–H and O–H groups in total. The zero-order chi connectivity index (χ0) is 20.6. The number of hydrogen-bond acceptors (Lipinski definition) is 3. The van der Waals surface area contributed by atoms with Crippen molar-refractivity contribution in [2.45, 2.75) is 45.3 Å². The van der Waals surface area contributed by atoms with Crippen molar-refractivity contribution in [2.24, 2.45) is 11.8 Å². The van der Waals surface area contributed by atoms with Gasteiger partial charge in [-0.15, -0.1) is 0 Å². The Morgan fingerprint density at radius 1 is 1.00 bits per heavy atom. The second-order valence-electron chi connectivity index (χ2n) is 8.60. The summed E-state index contributed by atoms with van der Waals surface area (Å²) in [5.41, 5.74) is 4.88. The van der Waals surface area contributed by atoms with Crippen LogP contribution in [0.4, 0.5) is 8.78 Å². The fraction of sp³-hybridized carbons (Fsp3) is 0.375. The van der Waals surface area contributed by atoms with Gasteiger partial charge in [-0.25, -0.2) is 8.78 Å². The van der Waals surface area contributed by atoms with Crippen molar-refractivity contribution in [3.8, 4) is 0 Å². The van der Waals surface area contributed by atoms with Crippen molar-refractivity contribution in [1.29, 1.82) is 0 Å².